The van der Waals surface area contributed by atoms with E-state index in [-0.39, 0.29) is 18.5 Å². The predicted molar refractivity (Wildman–Crippen MR) is 119 cm³/mol. The molecule has 0 saturated carbocycles. The Bertz CT molecular complexity index is 1220. The molecule has 0 aliphatic rings. The number of carbonyl (C=O) groups excluding carboxylic acids is 1. The van der Waals surface area contributed by atoms with Crippen molar-refractivity contribution in [2.75, 3.05) is 5.32 Å². The van der Waals surface area contributed by atoms with Gasteiger partial charge in [0.05, 0.1) is 17.1 Å². The van der Waals surface area contributed by atoms with E-state index in [4.69, 9.17) is 4.52 Å². The minimum Gasteiger partial charge on any atom is -0.339 e. The van der Waals surface area contributed by atoms with Gasteiger partial charge < -0.3 is 9.84 Å². The SMILES string of the molecule is Cc1ccc(-c2csc(SCc3noc(CCC(=O)Nc4ccc(F)cc4F)n3)n2)cc1. The number of rotatable bonds is 8. The van der Waals surface area contributed by atoms with Gasteiger partial charge in [-0.25, -0.2) is 13.8 Å². The van der Waals surface area contributed by atoms with Crippen molar-refractivity contribution in [1.82, 2.24) is 15.1 Å². The molecule has 1 N–H and O–H groups in total. The Morgan fingerprint density at radius 3 is 2.75 bits per heavy atom. The Morgan fingerprint density at radius 2 is 1.97 bits per heavy atom. The molecule has 2 heterocycles. The van der Waals surface area contributed by atoms with Crippen LogP contribution in [0.3, 0.4) is 0 Å². The van der Waals surface area contributed by atoms with Crippen LogP contribution in [-0.2, 0) is 17.0 Å². The van der Waals surface area contributed by atoms with Gasteiger partial charge in [0, 0.05) is 29.9 Å². The van der Waals surface area contributed by atoms with E-state index < -0.39 is 17.5 Å². The highest BCUT2D eigenvalue weighted by molar-refractivity contribution is 8.00. The Balaban J connectivity index is 1.26. The van der Waals surface area contributed by atoms with Crippen LogP contribution in [0.15, 0.2) is 56.7 Å². The predicted octanol–water partition coefficient (Wildman–Crippen LogP) is 5.64. The summed E-state index contributed by atoms with van der Waals surface area (Å²) < 4.78 is 32.6. The van der Waals surface area contributed by atoms with Crippen LogP contribution in [0, 0.1) is 18.6 Å². The zero-order valence-electron chi connectivity index (χ0n) is 17.0. The Morgan fingerprint density at radius 1 is 1.16 bits per heavy atom. The number of aryl methyl sites for hydroxylation is 2. The lowest BCUT2D eigenvalue weighted by molar-refractivity contribution is -0.116. The molecule has 1 amide bonds. The maximum atomic E-state index is 13.6. The van der Waals surface area contributed by atoms with E-state index in [1.54, 1.807) is 11.3 Å². The molecular weight excluding hydrogens is 454 g/mol. The van der Waals surface area contributed by atoms with Crippen molar-refractivity contribution in [3.63, 3.8) is 0 Å². The molecule has 2 aromatic heterocycles. The summed E-state index contributed by atoms with van der Waals surface area (Å²) in [6, 6.07) is 11.2. The highest BCUT2D eigenvalue weighted by atomic mass is 32.2. The fourth-order valence-corrected chi connectivity index (χ4v) is 4.46. The summed E-state index contributed by atoms with van der Waals surface area (Å²) in [5.41, 5.74) is 3.12. The number of hydrogen-bond acceptors (Lipinski definition) is 7. The summed E-state index contributed by atoms with van der Waals surface area (Å²) in [7, 11) is 0. The molecule has 164 valence electrons. The van der Waals surface area contributed by atoms with Crippen molar-refractivity contribution in [2.45, 2.75) is 29.9 Å². The number of thiazole rings is 1. The summed E-state index contributed by atoms with van der Waals surface area (Å²) in [4.78, 5) is 20.9. The molecule has 10 heteroatoms. The first-order valence-corrected chi connectivity index (χ1v) is 11.5. The normalized spacial score (nSPS) is 11.0. The van der Waals surface area contributed by atoms with Gasteiger partial charge in [-0.05, 0) is 19.1 Å². The number of thioether (sulfide) groups is 1. The minimum absolute atomic E-state index is 0.0258. The first-order valence-electron chi connectivity index (χ1n) is 9.68. The number of nitrogens with one attached hydrogen (secondary N) is 1. The van der Waals surface area contributed by atoms with Crippen LogP contribution in [0.1, 0.15) is 23.7 Å². The van der Waals surface area contributed by atoms with Crippen molar-refractivity contribution >= 4 is 34.7 Å². The summed E-state index contributed by atoms with van der Waals surface area (Å²) in [5, 5.41) is 8.34. The van der Waals surface area contributed by atoms with E-state index >= 15 is 0 Å². The van der Waals surface area contributed by atoms with E-state index in [1.165, 1.54) is 23.4 Å². The highest BCUT2D eigenvalue weighted by Crippen LogP contribution is 2.30. The van der Waals surface area contributed by atoms with Crippen molar-refractivity contribution in [3.8, 4) is 11.3 Å². The Kier molecular flexibility index (Phi) is 6.91. The Hall–Kier alpha value is -3.11. The summed E-state index contributed by atoms with van der Waals surface area (Å²) in [6.45, 7) is 2.04. The molecule has 0 bridgehead atoms. The monoisotopic (exact) mass is 472 g/mol. The molecule has 0 spiro atoms. The lowest BCUT2D eigenvalue weighted by atomic mass is 10.1. The van der Waals surface area contributed by atoms with Crippen LogP contribution in [0.4, 0.5) is 14.5 Å². The Labute approximate surface area is 191 Å². The molecular formula is C22H18F2N4O2S2. The number of benzene rings is 2. The maximum Gasteiger partial charge on any atom is 0.227 e. The van der Waals surface area contributed by atoms with Crippen LogP contribution in [0.2, 0.25) is 0 Å². The molecule has 0 unspecified atom stereocenters. The van der Waals surface area contributed by atoms with Crippen LogP contribution in [0.25, 0.3) is 11.3 Å². The second-order valence-electron chi connectivity index (χ2n) is 6.93. The van der Waals surface area contributed by atoms with Gasteiger partial charge in [0.15, 0.2) is 10.2 Å². The standard InChI is InChI=1S/C22H18F2N4O2S2/c1-13-2-4-14(5-3-13)18-11-31-22(26-18)32-12-19-27-21(30-28-19)9-8-20(29)25-17-7-6-15(23)10-16(17)24/h2-7,10-11H,8-9,12H2,1H3,(H,25,29). The van der Waals surface area contributed by atoms with Gasteiger partial charge in [0.25, 0.3) is 0 Å². The number of halogens is 2. The summed E-state index contributed by atoms with van der Waals surface area (Å²) >= 11 is 3.06. The van der Waals surface area contributed by atoms with Crippen molar-refractivity contribution in [1.29, 1.82) is 0 Å². The third-order valence-corrected chi connectivity index (χ3v) is 6.45. The molecule has 4 rings (SSSR count). The van der Waals surface area contributed by atoms with Gasteiger partial charge in [0.2, 0.25) is 11.8 Å². The zero-order valence-corrected chi connectivity index (χ0v) is 18.6. The number of carbonyl (C=O) groups is 1. The molecule has 0 saturated heterocycles. The van der Waals surface area contributed by atoms with Crippen LogP contribution in [-0.4, -0.2) is 21.0 Å². The van der Waals surface area contributed by atoms with Crippen molar-refractivity contribution < 1.29 is 18.1 Å². The number of nitrogens with zero attached hydrogens (tertiary/aromatic N) is 3. The van der Waals surface area contributed by atoms with E-state index in [1.807, 2.05) is 24.4 Å². The van der Waals surface area contributed by atoms with Crippen LogP contribution < -0.4 is 5.32 Å². The first kappa shape index (κ1) is 22.1. The maximum absolute atomic E-state index is 13.6. The smallest absolute Gasteiger partial charge is 0.227 e. The quantitative estimate of drug-likeness (QED) is 0.334. The van der Waals surface area contributed by atoms with E-state index in [2.05, 4.69) is 32.6 Å². The van der Waals surface area contributed by atoms with E-state index in [0.29, 0.717) is 23.5 Å². The molecule has 2 aromatic carbocycles. The number of anilines is 1. The van der Waals surface area contributed by atoms with Crippen molar-refractivity contribution in [3.05, 3.63) is 76.8 Å². The molecule has 0 radical (unpaired) electrons. The molecule has 6 nitrogen and oxygen atoms in total. The highest BCUT2D eigenvalue weighted by Gasteiger charge is 2.13. The summed E-state index contributed by atoms with van der Waals surface area (Å²) in [5.74, 6) is -0.672. The van der Waals surface area contributed by atoms with Gasteiger partial charge in [-0.1, -0.05) is 46.7 Å². The second kappa shape index (κ2) is 10.0. The third-order valence-electron chi connectivity index (χ3n) is 4.44. The molecule has 0 fully saturated rings. The lowest BCUT2D eigenvalue weighted by Gasteiger charge is -2.05. The largest absolute Gasteiger partial charge is 0.339 e. The summed E-state index contributed by atoms with van der Waals surface area (Å²) in [6.07, 6.45) is 0.235. The number of aromatic nitrogens is 3. The van der Waals surface area contributed by atoms with Gasteiger partial charge in [0.1, 0.15) is 11.6 Å². The zero-order chi connectivity index (χ0) is 22.5. The number of hydrogen-bond donors (Lipinski definition) is 1. The first-order chi connectivity index (χ1) is 15.5. The van der Waals surface area contributed by atoms with Gasteiger partial charge in [-0.3, -0.25) is 4.79 Å². The average molecular weight is 473 g/mol. The average Bonchev–Trinajstić information content (AvgIpc) is 3.43. The third kappa shape index (κ3) is 5.77. The van der Waals surface area contributed by atoms with Gasteiger partial charge in [-0.15, -0.1) is 11.3 Å². The molecule has 0 atom stereocenters. The molecule has 0 aliphatic carbocycles. The second-order valence-corrected chi connectivity index (χ2v) is 9.01. The molecule has 32 heavy (non-hydrogen) atoms. The minimum atomic E-state index is -0.830. The lowest BCUT2D eigenvalue weighted by Crippen LogP contribution is -2.13. The van der Waals surface area contributed by atoms with E-state index in [0.717, 1.165) is 21.7 Å². The van der Waals surface area contributed by atoms with E-state index in [9.17, 15) is 13.6 Å². The topological polar surface area (TPSA) is 80.9 Å². The number of amides is 1. The van der Waals surface area contributed by atoms with Gasteiger partial charge >= 0.3 is 0 Å². The van der Waals surface area contributed by atoms with Crippen molar-refractivity contribution in [2.24, 2.45) is 0 Å². The fraction of sp³-hybridized carbons (Fsp3) is 0.182. The van der Waals surface area contributed by atoms with Crippen LogP contribution >= 0.6 is 23.1 Å². The van der Waals surface area contributed by atoms with Crippen LogP contribution in [0.5, 0.6) is 0 Å². The molecule has 0 aliphatic heterocycles. The molecule has 4 aromatic rings. The fourth-order valence-electron chi connectivity index (χ4n) is 2.78. The van der Waals surface area contributed by atoms with Gasteiger partial charge in [-0.2, -0.15) is 4.98 Å².